The first-order valence-corrected chi connectivity index (χ1v) is 6.46. The van der Waals surface area contributed by atoms with Gasteiger partial charge in [0.25, 0.3) is 0 Å². The van der Waals surface area contributed by atoms with Crippen molar-refractivity contribution in [1.82, 2.24) is 4.98 Å². The average Bonchev–Trinajstić information content (AvgIpc) is 2.86. The van der Waals surface area contributed by atoms with Crippen molar-refractivity contribution >= 4 is 33.6 Å². The summed E-state index contributed by atoms with van der Waals surface area (Å²) in [5, 5.41) is 16.7. The fraction of sp³-hybridized carbons (Fsp3) is 0.200. The van der Waals surface area contributed by atoms with Gasteiger partial charge in [-0.3, -0.25) is 0 Å². The lowest BCUT2D eigenvalue weighted by Gasteiger charge is -2.12. The Hall–Kier alpha value is -1.40. The fourth-order valence-electron chi connectivity index (χ4n) is 1.30. The third-order valence-corrected chi connectivity index (χ3v) is 3.62. The lowest BCUT2D eigenvalue weighted by atomic mass is 10.2. The molecule has 2 aromatic heterocycles. The Morgan fingerprint density at radius 2 is 2.44 bits per heavy atom. The van der Waals surface area contributed by atoms with Crippen molar-refractivity contribution in [3.05, 3.63) is 33.6 Å². The normalized spacial score (nSPS) is 12.3. The van der Waals surface area contributed by atoms with E-state index >= 15 is 0 Å². The molecule has 2 N–H and O–H groups in total. The first-order valence-electron chi connectivity index (χ1n) is 4.64. The standard InChI is InChI=1S/C10H10N2O2S2/c1-6(7-2-3-15-4-7)12-9-8(10(13)14)11-5-16-9/h2-6,12H,1H3,(H,13,14). The molecule has 16 heavy (non-hydrogen) atoms. The summed E-state index contributed by atoms with van der Waals surface area (Å²) < 4.78 is 0. The number of aromatic nitrogens is 1. The highest BCUT2D eigenvalue weighted by Crippen LogP contribution is 2.26. The number of nitrogens with one attached hydrogen (secondary N) is 1. The SMILES string of the molecule is CC(Nc1scnc1C(=O)O)c1ccsc1. The number of carbonyl (C=O) groups is 1. The Morgan fingerprint density at radius 1 is 1.62 bits per heavy atom. The third-order valence-electron chi connectivity index (χ3n) is 2.16. The maximum absolute atomic E-state index is 10.9. The topological polar surface area (TPSA) is 62.2 Å². The van der Waals surface area contributed by atoms with Gasteiger partial charge in [0.05, 0.1) is 11.6 Å². The average molecular weight is 254 g/mol. The summed E-state index contributed by atoms with van der Waals surface area (Å²) in [6, 6.07) is 2.11. The Labute approximate surface area is 101 Å². The van der Waals surface area contributed by atoms with Gasteiger partial charge in [-0.1, -0.05) is 0 Å². The van der Waals surface area contributed by atoms with Crippen LogP contribution in [0.5, 0.6) is 0 Å². The summed E-state index contributed by atoms with van der Waals surface area (Å²) in [7, 11) is 0. The van der Waals surface area contributed by atoms with Crippen LogP contribution in [0.25, 0.3) is 0 Å². The van der Waals surface area contributed by atoms with E-state index in [9.17, 15) is 4.79 Å². The van der Waals surface area contributed by atoms with Gasteiger partial charge in [-0.15, -0.1) is 11.3 Å². The highest BCUT2D eigenvalue weighted by Gasteiger charge is 2.15. The molecule has 0 saturated heterocycles. The molecule has 0 radical (unpaired) electrons. The minimum Gasteiger partial charge on any atom is -0.476 e. The summed E-state index contributed by atoms with van der Waals surface area (Å²) in [5.41, 5.74) is 2.77. The minimum atomic E-state index is -0.999. The molecule has 1 atom stereocenters. The van der Waals surface area contributed by atoms with Crippen molar-refractivity contribution in [3.63, 3.8) is 0 Å². The van der Waals surface area contributed by atoms with Gasteiger partial charge < -0.3 is 10.4 Å². The second kappa shape index (κ2) is 4.63. The van der Waals surface area contributed by atoms with Crippen molar-refractivity contribution in [3.8, 4) is 0 Å². The first kappa shape index (κ1) is 11.1. The Balaban J connectivity index is 2.15. The lowest BCUT2D eigenvalue weighted by Crippen LogP contribution is -2.08. The molecule has 84 valence electrons. The van der Waals surface area contributed by atoms with Crippen molar-refractivity contribution in [2.45, 2.75) is 13.0 Å². The molecule has 2 aromatic rings. The smallest absolute Gasteiger partial charge is 0.357 e. The molecule has 0 aliphatic heterocycles. The molecule has 0 aliphatic rings. The Kier molecular flexibility index (Phi) is 3.21. The molecular weight excluding hydrogens is 244 g/mol. The summed E-state index contributed by atoms with van der Waals surface area (Å²) >= 11 is 2.93. The number of nitrogens with zero attached hydrogens (tertiary/aromatic N) is 1. The number of anilines is 1. The van der Waals surface area contributed by atoms with Crippen LogP contribution in [0.2, 0.25) is 0 Å². The van der Waals surface area contributed by atoms with E-state index in [4.69, 9.17) is 5.11 Å². The zero-order valence-electron chi connectivity index (χ0n) is 8.51. The molecule has 0 amide bonds. The van der Waals surface area contributed by atoms with E-state index in [-0.39, 0.29) is 11.7 Å². The highest BCUT2D eigenvalue weighted by atomic mass is 32.1. The van der Waals surface area contributed by atoms with E-state index in [0.29, 0.717) is 5.00 Å². The molecule has 2 heterocycles. The summed E-state index contributed by atoms with van der Waals surface area (Å²) in [5.74, 6) is -0.999. The molecular formula is C10H10N2O2S2. The van der Waals surface area contributed by atoms with E-state index < -0.39 is 5.97 Å². The summed E-state index contributed by atoms with van der Waals surface area (Å²) in [6.07, 6.45) is 0. The van der Waals surface area contributed by atoms with Gasteiger partial charge >= 0.3 is 5.97 Å². The van der Waals surface area contributed by atoms with Gasteiger partial charge in [0.1, 0.15) is 5.00 Å². The van der Waals surface area contributed by atoms with E-state index in [1.165, 1.54) is 16.8 Å². The molecule has 4 nitrogen and oxygen atoms in total. The van der Waals surface area contributed by atoms with Gasteiger partial charge in [0.15, 0.2) is 5.69 Å². The lowest BCUT2D eigenvalue weighted by molar-refractivity contribution is 0.0692. The zero-order chi connectivity index (χ0) is 11.5. The second-order valence-electron chi connectivity index (χ2n) is 3.26. The molecule has 0 spiro atoms. The van der Waals surface area contributed by atoms with Gasteiger partial charge in [-0.25, -0.2) is 9.78 Å². The van der Waals surface area contributed by atoms with Crippen molar-refractivity contribution in [2.24, 2.45) is 0 Å². The predicted octanol–water partition coefficient (Wildman–Crippen LogP) is 3.08. The van der Waals surface area contributed by atoms with Gasteiger partial charge in [-0.2, -0.15) is 11.3 Å². The number of thiazole rings is 1. The third kappa shape index (κ3) is 2.23. The Bertz CT molecular complexity index is 479. The Morgan fingerprint density at radius 3 is 3.06 bits per heavy atom. The van der Waals surface area contributed by atoms with Gasteiger partial charge in [-0.05, 0) is 29.3 Å². The molecule has 1 unspecified atom stereocenters. The van der Waals surface area contributed by atoms with E-state index in [1.807, 2.05) is 23.8 Å². The van der Waals surface area contributed by atoms with Crippen LogP contribution < -0.4 is 5.32 Å². The van der Waals surface area contributed by atoms with Gasteiger partial charge in [0, 0.05) is 0 Å². The van der Waals surface area contributed by atoms with E-state index in [0.717, 1.165) is 5.56 Å². The molecule has 0 fully saturated rings. The molecule has 2 rings (SSSR count). The largest absolute Gasteiger partial charge is 0.476 e. The van der Waals surface area contributed by atoms with Crippen LogP contribution in [0.3, 0.4) is 0 Å². The van der Waals surface area contributed by atoms with E-state index in [2.05, 4.69) is 10.3 Å². The van der Waals surface area contributed by atoms with Crippen LogP contribution in [0.1, 0.15) is 29.0 Å². The number of hydrogen-bond donors (Lipinski definition) is 2. The zero-order valence-corrected chi connectivity index (χ0v) is 10.1. The molecule has 0 saturated carbocycles. The number of hydrogen-bond acceptors (Lipinski definition) is 5. The predicted molar refractivity (Wildman–Crippen MR) is 65.4 cm³/mol. The van der Waals surface area contributed by atoms with Crippen LogP contribution in [0.15, 0.2) is 22.3 Å². The number of aromatic carboxylic acids is 1. The van der Waals surface area contributed by atoms with Crippen LogP contribution >= 0.6 is 22.7 Å². The van der Waals surface area contributed by atoms with E-state index in [1.54, 1.807) is 11.3 Å². The quantitative estimate of drug-likeness (QED) is 0.880. The van der Waals surface area contributed by atoms with Crippen LogP contribution in [-0.2, 0) is 0 Å². The first-order chi connectivity index (χ1) is 7.68. The molecule has 6 heteroatoms. The van der Waals surface area contributed by atoms with Crippen LogP contribution in [-0.4, -0.2) is 16.1 Å². The van der Waals surface area contributed by atoms with Crippen molar-refractivity contribution < 1.29 is 9.90 Å². The maximum atomic E-state index is 10.9. The summed E-state index contributed by atoms with van der Waals surface area (Å²) in [4.78, 5) is 14.7. The monoisotopic (exact) mass is 254 g/mol. The maximum Gasteiger partial charge on any atom is 0.357 e. The minimum absolute atomic E-state index is 0.0878. The summed E-state index contributed by atoms with van der Waals surface area (Å²) in [6.45, 7) is 1.99. The van der Waals surface area contributed by atoms with Crippen LogP contribution in [0, 0.1) is 0 Å². The number of rotatable bonds is 4. The second-order valence-corrected chi connectivity index (χ2v) is 4.89. The fourth-order valence-corrected chi connectivity index (χ4v) is 2.82. The molecule has 0 aliphatic carbocycles. The molecule has 0 bridgehead atoms. The van der Waals surface area contributed by atoms with Crippen molar-refractivity contribution in [1.29, 1.82) is 0 Å². The van der Waals surface area contributed by atoms with Crippen molar-refractivity contribution in [2.75, 3.05) is 5.32 Å². The number of carboxylic acids is 1. The van der Waals surface area contributed by atoms with Gasteiger partial charge in [0.2, 0.25) is 0 Å². The number of carboxylic acid groups (broad SMARTS) is 1. The molecule has 0 aromatic carbocycles. The highest BCUT2D eigenvalue weighted by molar-refractivity contribution is 7.14. The number of thiophene rings is 1. The van der Waals surface area contributed by atoms with Crippen LogP contribution in [0.4, 0.5) is 5.00 Å².